The second-order valence-electron chi connectivity index (χ2n) is 5.46. The predicted octanol–water partition coefficient (Wildman–Crippen LogP) is 1.50. The van der Waals surface area contributed by atoms with Gasteiger partial charge in [0.1, 0.15) is 17.6 Å². The summed E-state index contributed by atoms with van der Waals surface area (Å²) in [6, 6.07) is 3.96. The van der Waals surface area contributed by atoms with E-state index in [1.54, 1.807) is 6.92 Å². The number of carbonyl (C=O) groups is 1. The lowest BCUT2D eigenvalue weighted by Crippen LogP contribution is -2.45. The minimum atomic E-state index is -0.436. The molecule has 22 heavy (non-hydrogen) atoms. The molecule has 1 N–H and O–H groups in total. The zero-order chi connectivity index (χ0) is 15.9. The largest absolute Gasteiger partial charge is 0.465 e. The van der Waals surface area contributed by atoms with E-state index >= 15 is 0 Å². The number of ether oxygens (including phenoxy) is 2. The number of amides is 1. The average molecular weight is 310 g/mol. The van der Waals surface area contributed by atoms with Crippen molar-refractivity contribution >= 4 is 5.91 Å². The number of hydrogen-bond donors (Lipinski definition) is 1. The van der Waals surface area contributed by atoms with Gasteiger partial charge in [-0.1, -0.05) is 0 Å². The molecule has 124 valence electrons. The van der Waals surface area contributed by atoms with Gasteiger partial charge in [0, 0.05) is 26.2 Å². The predicted molar refractivity (Wildman–Crippen MR) is 82.7 cm³/mol. The average Bonchev–Trinajstić information content (AvgIpc) is 2.95. The second kappa shape index (κ2) is 8.31. The quantitative estimate of drug-likeness (QED) is 0.827. The molecule has 1 amide bonds. The van der Waals surface area contributed by atoms with Crippen LogP contribution in [-0.4, -0.2) is 56.4 Å². The third-order valence-corrected chi connectivity index (χ3v) is 3.83. The van der Waals surface area contributed by atoms with Gasteiger partial charge >= 0.3 is 0 Å². The lowest BCUT2D eigenvalue weighted by molar-refractivity contribution is -0.131. The Morgan fingerprint density at radius 3 is 2.73 bits per heavy atom. The van der Waals surface area contributed by atoms with Crippen LogP contribution in [0.15, 0.2) is 16.5 Å². The summed E-state index contributed by atoms with van der Waals surface area (Å²) in [6.45, 7) is 9.69. The van der Waals surface area contributed by atoms with E-state index in [0.29, 0.717) is 26.4 Å². The molecule has 1 aromatic rings. The van der Waals surface area contributed by atoms with Crippen molar-refractivity contribution in [3.8, 4) is 0 Å². The summed E-state index contributed by atoms with van der Waals surface area (Å²) >= 11 is 0. The van der Waals surface area contributed by atoms with Gasteiger partial charge < -0.3 is 19.2 Å². The summed E-state index contributed by atoms with van der Waals surface area (Å²) in [5.74, 6) is 1.66. The topological polar surface area (TPSA) is 63.9 Å². The highest BCUT2D eigenvalue weighted by molar-refractivity contribution is 5.80. The summed E-state index contributed by atoms with van der Waals surface area (Å²) in [7, 11) is 0. The minimum absolute atomic E-state index is 0.0235. The van der Waals surface area contributed by atoms with E-state index in [-0.39, 0.29) is 11.9 Å². The number of aryl methyl sites for hydroxylation is 1. The maximum Gasteiger partial charge on any atom is 0.248 e. The van der Waals surface area contributed by atoms with Gasteiger partial charge in [-0.3, -0.25) is 9.69 Å². The summed E-state index contributed by atoms with van der Waals surface area (Å²) in [6.07, 6.45) is -0.436. The first kappa shape index (κ1) is 17.0. The number of nitrogens with one attached hydrogen (secondary N) is 1. The lowest BCUT2D eigenvalue weighted by Gasteiger charge is -2.33. The molecule has 0 aliphatic carbocycles. The Balaban J connectivity index is 2.00. The Morgan fingerprint density at radius 1 is 1.41 bits per heavy atom. The summed E-state index contributed by atoms with van der Waals surface area (Å²) in [5.41, 5.74) is 0. The molecule has 2 atom stereocenters. The first-order chi connectivity index (χ1) is 10.6. The van der Waals surface area contributed by atoms with Crippen molar-refractivity contribution in [1.29, 1.82) is 0 Å². The van der Waals surface area contributed by atoms with E-state index in [1.165, 1.54) is 0 Å². The van der Waals surface area contributed by atoms with E-state index in [9.17, 15) is 4.79 Å². The Labute approximate surface area is 131 Å². The standard InChI is InChI=1S/C16H26N2O4/c1-4-21-13(3)16(19)17-11-14(15-6-5-12(2)22-15)18-7-9-20-10-8-18/h5-6,13-14H,4,7-11H2,1-3H3,(H,17,19)/t13-,14-/m1/s1. The van der Waals surface area contributed by atoms with E-state index in [4.69, 9.17) is 13.9 Å². The molecule has 1 saturated heterocycles. The zero-order valence-electron chi connectivity index (χ0n) is 13.6. The van der Waals surface area contributed by atoms with Gasteiger partial charge in [0.05, 0.1) is 19.3 Å². The molecule has 6 nitrogen and oxygen atoms in total. The maximum absolute atomic E-state index is 12.0. The fraction of sp³-hybridized carbons (Fsp3) is 0.688. The molecule has 0 radical (unpaired) electrons. The molecular formula is C16H26N2O4. The lowest BCUT2D eigenvalue weighted by atomic mass is 10.1. The summed E-state index contributed by atoms with van der Waals surface area (Å²) in [5, 5.41) is 2.97. The smallest absolute Gasteiger partial charge is 0.248 e. The van der Waals surface area contributed by atoms with Crippen LogP contribution in [0.1, 0.15) is 31.4 Å². The van der Waals surface area contributed by atoms with Crippen molar-refractivity contribution in [3.05, 3.63) is 23.7 Å². The molecule has 0 unspecified atom stereocenters. The number of morpholine rings is 1. The molecule has 2 heterocycles. The van der Waals surface area contributed by atoms with Gasteiger partial charge in [-0.25, -0.2) is 0 Å². The van der Waals surface area contributed by atoms with Crippen LogP contribution >= 0.6 is 0 Å². The normalized spacial score (nSPS) is 18.9. The fourth-order valence-electron chi connectivity index (χ4n) is 2.60. The van der Waals surface area contributed by atoms with Crippen molar-refractivity contribution in [2.24, 2.45) is 0 Å². The van der Waals surface area contributed by atoms with Gasteiger partial charge in [-0.2, -0.15) is 0 Å². The fourth-order valence-corrected chi connectivity index (χ4v) is 2.60. The van der Waals surface area contributed by atoms with Crippen molar-refractivity contribution in [3.63, 3.8) is 0 Å². The summed E-state index contributed by atoms with van der Waals surface area (Å²) in [4.78, 5) is 14.3. The van der Waals surface area contributed by atoms with Crippen LogP contribution < -0.4 is 5.32 Å². The van der Waals surface area contributed by atoms with Gasteiger partial charge in [0.15, 0.2) is 0 Å². The number of hydrogen-bond acceptors (Lipinski definition) is 5. The van der Waals surface area contributed by atoms with E-state index in [1.807, 2.05) is 26.0 Å². The SMILES string of the molecule is CCO[C@H](C)C(=O)NC[C@H](c1ccc(C)o1)N1CCOCC1. The molecular weight excluding hydrogens is 284 g/mol. The number of furan rings is 1. The molecule has 1 fully saturated rings. The van der Waals surface area contributed by atoms with E-state index in [2.05, 4.69) is 10.2 Å². The third kappa shape index (κ3) is 4.56. The van der Waals surface area contributed by atoms with Crippen LogP contribution in [0.3, 0.4) is 0 Å². The van der Waals surface area contributed by atoms with E-state index in [0.717, 1.165) is 24.6 Å². The van der Waals surface area contributed by atoms with Crippen LogP contribution in [0.25, 0.3) is 0 Å². The van der Waals surface area contributed by atoms with Gasteiger partial charge in [0.2, 0.25) is 5.91 Å². The Hall–Kier alpha value is -1.37. The molecule has 0 saturated carbocycles. The van der Waals surface area contributed by atoms with Crippen LogP contribution in [0, 0.1) is 6.92 Å². The Bertz CT molecular complexity index is 468. The highest BCUT2D eigenvalue weighted by Crippen LogP contribution is 2.23. The molecule has 0 spiro atoms. The van der Waals surface area contributed by atoms with Crippen molar-refractivity contribution < 1.29 is 18.7 Å². The van der Waals surface area contributed by atoms with Gasteiger partial charge in [-0.05, 0) is 32.9 Å². The number of nitrogens with zero attached hydrogens (tertiary/aromatic N) is 1. The molecule has 1 aliphatic heterocycles. The van der Waals surface area contributed by atoms with E-state index < -0.39 is 6.10 Å². The molecule has 0 bridgehead atoms. The monoisotopic (exact) mass is 310 g/mol. The van der Waals surface area contributed by atoms with Gasteiger partial charge in [-0.15, -0.1) is 0 Å². The second-order valence-corrected chi connectivity index (χ2v) is 5.46. The van der Waals surface area contributed by atoms with Crippen molar-refractivity contribution in [2.75, 3.05) is 39.5 Å². The first-order valence-corrected chi connectivity index (χ1v) is 7.89. The molecule has 1 aromatic heterocycles. The summed E-state index contributed by atoms with van der Waals surface area (Å²) < 4.78 is 16.5. The van der Waals surface area contributed by atoms with Crippen LogP contribution in [0.2, 0.25) is 0 Å². The number of carbonyl (C=O) groups excluding carboxylic acids is 1. The molecule has 0 aromatic carbocycles. The highest BCUT2D eigenvalue weighted by Gasteiger charge is 2.26. The van der Waals surface area contributed by atoms with Crippen LogP contribution in [0.5, 0.6) is 0 Å². The number of rotatable bonds is 7. The van der Waals surface area contributed by atoms with Crippen LogP contribution in [-0.2, 0) is 14.3 Å². The minimum Gasteiger partial charge on any atom is -0.465 e. The van der Waals surface area contributed by atoms with Crippen molar-refractivity contribution in [2.45, 2.75) is 32.9 Å². The Kier molecular flexibility index (Phi) is 6.42. The highest BCUT2D eigenvalue weighted by atomic mass is 16.5. The van der Waals surface area contributed by atoms with Crippen molar-refractivity contribution in [1.82, 2.24) is 10.2 Å². The third-order valence-electron chi connectivity index (χ3n) is 3.83. The molecule has 6 heteroatoms. The Morgan fingerprint density at radius 2 is 2.14 bits per heavy atom. The zero-order valence-corrected chi connectivity index (χ0v) is 13.6. The van der Waals surface area contributed by atoms with Gasteiger partial charge in [0.25, 0.3) is 0 Å². The molecule has 2 rings (SSSR count). The molecule has 1 aliphatic rings. The van der Waals surface area contributed by atoms with Crippen LogP contribution in [0.4, 0.5) is 0 Å². The first-order valence-electron chi connectivity index (χ1n) is 7.89. The maximum atomic E-state index is 12.0.